The first-order chi connectivity index (χ1) is 49.7. The van der Waals surface area contributed by atoms with Crippen molar-refractivity contribution in [1.82, 2.24) is 0 Å². The number of aliphatic hydroxyl groups is 5. The molecule has 6 bridgehead atoms. The molecule has 7 fully saturated rings. The molecule has 0 heterocycles. The molecule has 0 saturated heterocycles. The van der Waals surface area contributed by atoms with E-state index >= 15 is 0 Å². The quantitative estimate of drug-likeness (QED) is 0.0438. The average molecular weight is 1700 g/mol. The van der Waals surface area contributed by atoms with Gasteiger partial charge in [0.2, 0.25) is 0 Å². The van der Waals surface area contributed by atoms with Gasteiger partial charge in [-0.3, -0.25) is 19.2 Å². The SMILES string of the molecule is CCC(C)(C)C(=O)OC(CC(O)(C(F)(F)F)C(F)(F)F)C1CC2CCC1C2.CCC(C)(C)C(=O)OC1CC(C(O)(C(F)(F)F)C(F)(F)F)CC(C(O)(C(F)(F)F)C(F)(F)F)C1.CCC(C)(C)C(=O)OC1CC2CC1CC2C(O)(C(F)(F)F)C(F)(F)F.CCC(C)(C)C(=O)OC1CC2CC1CC2CC(O)(C(F)(F)F)C(F)(F)F. The van der Waals surface area contributed by atoms with Crippen molar-refractivity contribution in [3.8, 4) is 0 Å². The molecule has 7 saturated carbocycles. The molecular formula is C69H94F30O13. The fourth-order valence-electron chi connectivity index (χ4n) is 15.8. The zero-order valence-corrected chi connectivity index (χ0v) is 62.4. The Bertz CT molecular complexity index is 3060. The second-order valence-corrected chi connectivity index (χ2v) is 33.5. The Morgan fingerprint density at radius 2 is 0.661 bits per heavy atom. The molecule has 0 aliphatic heterocycles. The first kappa shape index (κ1) is 99.9. The summed E-state index contributed by atoms with van der Waals surface area (Å²) >= 11 is 0. The predicted octanol–water partition coefficient (Wildman–Crippen LogP) is 19.3. The van der Waals surface area contributed by atoms with Crippen LogP contribution in [0.1, 0.15) is 205 Å². The molecule has 0 amide bonds. The normalized spacial score (nSPS) is 27.8. The van der Waals surface area contributed by atoms with Crippen molar-refractivity contribution in [3.63, 3.8) is 0 Å². The van der Waals surface area contributed by atoms with Crippen molar-refractivity contribution in [2.24, 2.45) is 86.8 Å². The van der Waals surface area contributed by atoms with Crippen LogP contribution >= 0.6 is 0 Å². The van der Waals surface area contributed by atoms with Crippen LogP contribution < -0.4 is 0 Å². The van der Waals surface area contributed by atoms with E-state index in [4.69, 9.17) is 18.9 Å². The number of carbonyl (C=O) groups excluding carboxylic acids is 4. The lowest BCUT2D eigenvalue weighted by Crippen LogP contribution is -2.67. The second-order valence-electron chi connectivity index (χ2n) is 33.5. The molecule has 14 unspecified atom stereocenters. The Hall–Kier alpha value is -4.42. The van der Waals surface area contributed by atoms with Gasteiger partial charge in [0.1, 0.15) is 24.4 Å². The van der Waals surface area contributed by atoms with Gasteiger partial charge in [0.15, 0.2) is 0 Å². The van der Waals surface area contributed by atoms with E-state index in [9.17, 15) is 176 Å². The fourth-order valence-corrected chi connectivity index (χ4v) is 15.8. The summed E-state index contributed by atoms with van der Waals surface area (Å²) in [4.78, 5) is 48.9. The van der Waals surface area contributed by atoms with Gasteiger partial charge in [-0.1, -0.05) is 34.1 Å². The number of ether oxygens (including phenoxy) is 4. The number of hydrogen-bond acceptors (Lipinski definition) is 13. The highest BCUT2D eigenvalue weighted by Crippen LogP contribution is 2.63. The van der Waals surface area contributed by atoms with Crippen molar-refractivity contribution >= 4 is 23.9 Å². The summed E-state index contributed by atoms with van der Waals surface area (Å²) in [6.45, 7) is 18.9. The molecule has 0 radical (unpaired) electrons. The van der Waals surface area contributed by atoms with Gasteiger partial charge in [0.25, 0.3) is 28.0 Å². The highest BCUT2D eigenvalue weighted by atomic mass is 19.5. The number of hydrogen-bond donors (Lipinski definition) is 5. The Morgan fingerprint density at radius 1 is 0.330 bits per heavy atom. The third-order valence-corrected chi connectivity index (χ3v) is 24.7. The molecule has 43 heteroatoms. The number of carbonyl (C=O) groups is 4. The van der Waals surface area contributed by atoms with Crippen LogP contribution in [0, 0.1) is 86.8 Å². The van der Waals surface area contributed by atoms with Crippen molar-refractivity contribution in [2.45, 2.75) is 319 Å². The summed E-state index contributed by atoms with van der Waals surface area (Å²) < 4.78 is 415. The third-order valence-electron chi connectivity index (χ3n) is 24.7. The van der Waals surface area contributed by atoms with Gasteiger partial charge >= 0.3 is 85.6 Å². The number of rotatable bonds is 20. The second kappa shape index (κ2) is 33.1. The third kappa shape index (κ3) is 20.3. The van der Waals surface area contributed by atoms with Crippen LogP contribution in [0.3, 0.4) is 0 Å². The molecule has 14 atom stereocenters. The van der Waals surface area contributed by atoms with Crippen LogP contribution in [0.4, 0.5) is 132 Å². The number of esters is 4. The van der Waals surface area contributed by atoms with Crippen LogP contribution in [0.2, 0.25) is 0 Å². The molecular weight excluding hydrogens is 1610 g/mol. The van der Waals surface area contributed by atoms with Crippen molar-refractivity contribution in [2.75, 3.05) is 0 Å². The minimum absolute atomic E-state index is 0.0184. The first-order valence-corrected chi connectivity index (χ1v) is 35.8. The number of halogens is 30. The number of fused-ring (bicyclic) bond motifs is 6. The highest BCUT2D eigenvalue weighted by Gasteiger charge is 2.81. The first-order valence-electron chi connectivity index (χ1n) is 35.8. The van der Waals surface area contributed by atoms with Crippen LogP contribution in [-0.4, -0.2) is 164 Å². The van der Waals surface area contributed by atoms with Gasteiger partial charge < -0.3 is 44.5 Å². The zero-order chi connectivity index (χ0) is 87.7. The molecule has 0 aromatic heterocycles. The fraction of sp³-hybridized carbons (Fsp3) is 0.942. The summed E-state index contributed by atoms with van der Waals surface area (Å²) in [5.74, 6) is -15.4. The van der Waals surface area contributed by atoms with Crippen molar-refractivity contribution in [1.29, 1.82) is 0 Å². The Balaban J connectivity index is 0.000000317. The monoisotopic (exact) mass is 1700 g/mol. The molecule has 0 aromatic rings. The van der Waals surface area contributed by atoms with E-state index < -0.39 is 246 Å². The summed E-state index contributed by atoms with van der Waals surface area (Å²) in [6, 6.07) is 0. The smallest absolute Gasteiger partial charge is 0.426 e. The molecule has 112 heavy (non-hydrogen) atoms. The van der Waals surface area contributed by atoms with E-state index in [1.54, 1.807) is 41.5 Å². The minimum Gasteiger partial charge on any atom is -0.462 e. The molecule has 13 nitrogen and oxygen atoms in total. The van der Waals surface area contributed by atoms with Crippen LogP contribution in [-0.2, 0) is 38.1 Å². The van der Waals surface area contributed by atoms with Gasteiger partial charge in [-0.15, -0.1) is 0 Å². The van der Waals surface area contributed by atoms with Crippen LogP contribution in [0.5, 0.6) is 0 Å². The predicted molar refractivity (Wildman–Crippen MR) is 329 cm³/mol. The lowest BCUT2D eigenvalue weighted by atomic mass is 9.65. The van der Waals surface area contributed by atoms with E-state index in [0.717, 1.165) is 6.42 Å². The van der Waals surface area contributed by atoms with Gasteiger partial charge in [-0.2, -0.15) is 132 Å². The van der Waals surface area contributed by atoms with Crippen LogP contribution in [0.25, 0.3) is 0 Å². The molecule has 5 N–H and O–H groups in total. The molecule has 7 aliphatic carbocycles. The van der Waals surface area contributed by atoms with E-state index in [1.807, 2.05) is 6.92 Å². The van der Waals surface area contributed by atoms with E-state index in [2.05, 4.69) is 0 Å². The van der Waals surface area contributed by atoms with Gasteiger partial charge in [-0.25, -0.2) is 0 Å². The Kier molecular flexibility index (Phi) is 29.5. The maximum atomic E-state index is 13.3. The Labute approximate surface area is 624 Å². The number of alkyl halides is 30. The van der Waals surface area contributed by atoms with Gasteiger partial charge in [-0.05, 0) is 212 Å². The van der Waals surface area contributed by atoms with Gasteiger partial charge in [0, 0.05) is 24.2 Å². The Morgan fingerprint density at radius 3 is 0.946 bits per heavy atom. The van der Waals surface area contributed by atoms with Crippen LogP contribution in [0.15, 0.2) is 0 Å². The summed E-state index contributed by atoms with van der Waals surface area (Å²) in [7, 11) is 0. The topological polar surface area (TPSA) is 206 Å². The van der Waals surface area contributed by atoms with Gasteiger partial charge in [0.05, 0.1) is 21.7 Å². The highest BCUT2D eigenvalue weighted by molar-refractivity contribution is 5.77. The van der Waals surface area contributed by atoms with Crippen molar-refractivity contribution in [3.05, 3.63) is 0 Å². The van der Waals surface area contributed by atoms with E-state index in [0.29, 0.717) is 44.9 Å². The minimum atomic E-state index is -6.58. The summed E-state index contributed by atoms with van der Waals surface area (Å²) in [6.07, 6.45) is -70.6. The van der Waals surface area contributed by atoms with E-state index in [1.165, 1.54) is 34.6 Å². The zero-order valence-electron chi connectivity index (χ0n) is 62.4. The summed E-state index contributed by atoms with van der Waals surface area (Å²) in [5, 5.41) is 47.8. The lowest BCUT2D eigenvalue weighted by molar-refractivity contribution is -0.405. The molecule has 0 aromatic carbocycles. The van der Waals surface area contributed by atoms with E-state index in [-0.39, 0.29) is 49.9 Å². The van der Waals surface area contributed by atoms with Crippen molar-refractivity contribution < 1.29 is 195 Å². The molecule has 7 rings (SSSR count). The average Bonchev–Trinajstić information content (AvgIpc) is 1.27. The standard InChI is InChI=1S/C18H22F12O4.C18H26F6O3.C17H24F6O3.C16H22F6O3/c1-4-12(2,3)11(31)34-10-6-8(13(32,15(19,20)21)16(22,23)24)5-9(7-10)14(33,17(25,26)27)18(28,29)30;1-4-15(2,3)14(25)27-13(12-8-10-5-6-11(12)7-10)9-16(26,17(19,20)21)18(22,23)24;1-4-14(2,3)13(24)26-12-7-9-5-10(12)6-11(9)8-15(25,16(18,19)20)17(21,22)23;1-4-13(2,3)12(23)25-11-7-8-5-9(11)6-10(8)14(24,15(17,18)19)16(20,21)22/h8-10,32-33H,4-7H2,1-3H3;10-13,26H,4-9H2,1-3H3;9-12,25H,4-8H2,1-3H3;8-11,24H,4-7H2,1-3H3. The molecule has 0 spiro atoms. The summed E-state index contributed by atoms with van der Waals surface area (Å²) in [5.41, 5.74) is -29.8. The maximum absolute atomic E-state index is 13.3. The largest absolute Gasteiger partial charge is 0.462 e. The molecule has 658 valence electrons. The maximum Gasteiger partial charge on any atom is 0.426 e. The lowest BCUT2D eigenvalue weighted by Gasteiger charge is -2.48. The molecule has 7 aliphatic rings.